The van der Waals surface area contributed by atoms with E-state index in [1.807, 2.05) is 49.9 Å². The molecule has 2 saturated heterocycles. The molecule has 178 valence electrons. The number of sulfonamides is 1. The zero-order valence-corrected chi connectivity index (χ0v) is 21.1. The minimum Gasteiger partial charge on any atom is -0.326 e. The Balaban J connectivity index is 1.33. The molecular formula is C25H33N3O3S2. The van der Waals surface area contributed by atoms with Gasteiger partial charge in [-0.15, -0.1) is 0 Å². The van der Waals surface area contributed by atoms with Gasteiger partial charge < -0.3 is 5.32 Å². The van der Waals surface area contributed by atoms with Crippen molar-refractivity contribution in [3.8, 4) is 0 Å². The Labute approximate surface area is 201 Å². The fourth-order valence-corrected chi connectivity index (χ4v) is 7.25. The van der Waals surface area contributed by atoms with E-state index in [1.165, 1.54) is 21.4 Å². The molecule has 2 aromatic rings. The molecule has 2 aliphatic rings. The number of rotatable bonds is 6. The van der Waals surface area contributed by atoms with Crippen molar-refractivity contribution < 1.29 is 13.2 Å². The van der Waals surface area contributed by atoms with Crippen LogP contribution in [0.5, 0.6) is 0 Å². The van der Waals surface area contributed by atoms with Crippen LogP contribution in [0, 0.1) is 19.8 Å². The predicted molar refractivity (Wildman–Crippen MR) is 135 cm³/mol. The Bertz CT molecular complexity index is 1090. The van der Waals surface area contributed by atoms with Crippen LogP contribution in [0.3, 0.4) is 0 Å². The molecule has 8 heteroatoms. The van der Waals surface area contributed by atoms with E-state index in [9.17, 15) is 13.2 Å². The smallest absolute Gasteiger partial charge is 0.243 e. The van der Waals surface area contributed by atoms with Crippen molar-refractivity contribution in [1.82, 2.24) is 9.21 Å². The summed E-state index contributed by atoms with van der Waals surface area (Å²) in [5.41, 5.74) is 3.82. The van der Waals surface area contributed by atoms with Crippen LogP contribution >= 0.6 is 11.8 Å². The Morgan fingerprint density at radius 2 is 1.76 bits per heavy atom. The largest absolute Gasteiger partial charge is 0.326 e. The maximum Gasteiger partial charge on any atom is 0.243 e. The summed E-state index contributed by atoms with van der Waals surface area (Å²) in [5, 5.41) is 3.06. The quantitative estimate of drug-likeness (QED) is 0.669. The molecule has 0 spiro atoms. The lowest BCUT2D eigenvalue weighted by molar-refractivity contribution is -0.120. The molecule has 6 nitrogen and oxygen atoms in total. The number of amides is 1. The number of carbonyl (C=O) groups excluding carboxylic acids is 1. The van der Waals surface area contributed by atoms with E-state index in [2.05, 4.69) is 22.3 Å². The normalized spacial score (nSPS) is 18.8. The van der Waals surface area contributed by atoms with Crippen molar-refractivity contribution in [2.45, 2.75) is 38.1 Å². The first-order chi connectivity index (χ1) is 15.8. The molecule has 0 unspecified atom stereocenters. The van der Waals surface area contributed by atoms with Gasteiger partial charge in [-0.25, -0.2) is 8.42 Å². The molecule has 33 heavy (non-hydrogen) atoms. The van der Waals surface area contributed by atoms with Crippen molar-refractivity contribution in [2.75, 3.05) is 43.0 Å². The third-order valence-corrected chi connectivity index (χ3v) is 9.48. The van der Waals surface area contributed by atoms with E-state index in [0.29, 0.717) is 30.8 Å². The van der Waals surface area contributed by atoms with Gasteiger partial charge in [0.2, 0.25) is 15.9 Å². The highest BCUT2D eigenvalue weighted by molar-refractivity contribution is 7.99. The SMILES string of the molecule is Cc1ccc(S(=O)(=O)N2CCC(C(=O)Nc3cccc(CN4CCSCC4)c3)CC2)c(C)c1. The summed E-state index contributed by atoms with van der Waals surface area (Å²) in [6.07, 6.45) is 1.06. The molecule has 0 bridgehead atoms. The highest BCUT2D eigenvalue weighted by Gasteiger charge is 2.32. The van der Waals surface area contributed by atoms with Crippen LogP contribution in [0.15, 0.2) is 47.4 Å². The molecule has 1 amide bonds. The molecule has 0 atom stereocenters. The molecule has 2 aliphatic heterocycles. The van der Waals surface area contributed by atoms with Gasteiger partial charge in [-0.2, -0.15) is 16.1 Å². The van der Waals surface area contributed by atoms with Crippen molar-refractivity contribution in [2.24, 2.45) is 5.92 Å². The lowest BCUT2D eigenvalue weighted by atomic mass is 9.97. The van der Waals surface area contributed by atoms with Gasteiger partial charge in [0.05, 0.1) is 4.90 Å². The second kappa shape index (κ2) is 10.6. The van der Waals surface area contributed by atoms with Gasteiger partial charge in [-0.1, -0.05) is 29.8 Å². The predicted octanol–water partition coefficient (Wildman–Crippen LogP) is 3.89. The van der Waals surface area contributed by atoms with E-state index < -0.39 is 10.0 Å². The number of nitrogens with zero attached hydrogens (tertiary/aromatic N) is 2. The third-order valence-electron chi connectivity index (χ3n) is 6.48. The molecule has 0 saturated carbocycles. The minimum atomic E-state index is -3.54. The van der Waals surface area contributed by atoms with E-state index in [1.54, 1.807) is 6.07 Å². The number of benzene rings is 2. The van der Waals surface area contributed by atoms with E-state index >= 15 is 0 Å². The van der Waals surface area contributed by atoms with Crippen LogP contribution in [0.25, 0.3) is 0 Å². The zero-order chi connectivity index (χ0) is 23.4. The van der Waals surface area contributed by atoms with Crippen molar-refractivity contribution >= 4 is 33.4 Å². The summed E-state index contributed by atoms with van der Waals surface area (Å²) < 4.78 is 27.7. The van der Waals surface area contributed by atoms with Crippen molar-refractivity contribution in [3.63, 3.8) is 0 Å². The first-order valence-corrected chi connectivity index (χ1v) is 14.2. The number of piperidine rings is 1. The summed E-state index contributed by atoms with van der Waals surface area (Å²) in [6.45, 7) is 7.62. The second-order valence-electron chi connectivity index (χ2n) is 9.03. The molecule has 2 aromatic carbocycles. The van der Waals surface area contributed by atoms with Crippen LogP contribution in [-0.2, 0) is 21.4 Å². The summed E-state index contributed by atoms with van der Waals surface area (Å²) in [6, 6.07) is 13.5. The average molecular weight is 488 g/mol. The van der Waals surface area contributed by atoms with Crippen LogP contribution in [-0.4, -0.2) is 61.2 Å². The first-order valence-electron chi connectivity index (χ1n) is 11.6. The third kappa shape index (κ3) is 5.98. The topological polar surface area (TPSA) is 69.7 Å². The fourth-order valence-electron chi connectivity index (χ4n) is 4.60. The van der Waals surface area contributed by atoms with Crippen LogP contribution in [0.4, 0.5) is 5.69 Å². The number of nitrogens with one attached hydrogen (secondary N) is 1. The number of thioether (sulfide) groups is 1. The molecule has 4 rings (SSSR count). The Morgan fingerprint density at radius 1 is 1.03 bits per heavy atom. The van der Waals surface area contributed by atoms with E-state index in [-0.39, 0.29) is 11.8 Å². The number of carbonyl (C=O) groups is 1. The Kier molecular flexibility index (Phi) is 7.79. The van der Waals surface area contributed by atoms with E-state index in [0.717, 1.165) is 36.4 Å². The maximum absolute atomic E-state index is 13.1. The monoisotopic (exact) mass is 487 g/mol. The molecule has 0 radical (unpaired) electrons. The van der Waals surface area contributed by atoms with Gasteiger partial charge in [-0.05, 0) is 56.0 Å². The van der Waals surface area contributed by atoms with Gasteiger partial charge in [0.1, 0.15) is 0 Å². The maximum atomic E-state index is 13.1. The number of aryl methyl sites for hydroxylation is 2. The summed E-state index contributed by atoms with van der Waals surface area (Å²) >= 11 is 2.00. The van der Waals surface area contributed by atoms with Crippen molar-refractivity contribution in [1.29, 1.82) is 0 Å². The van der Waals surface area contributed by atoms with Crippen LogP contribution in [0.1, 0.15) is 29.5 Å². The van der Waals surface area contributed by atoms with Gasteiger partial charge in [0.15, 0.2) is 0 Å². The molecule has 1 N–H and O–H groups in total. The van der Waals surface area contributed by atoms with Gasteiger partial charge >= 0.3 is 0 Å². The summed E-state index contributed by atoms with van der Waals surface area (Å²) in [7, 11) is -3.54. The van der Waals surface area contributed by atoms with Crippen LogP contribution in [0.2, 0.25) is 0 Å². The van der Waals surface area contributed by atoms with Crippen molar-refractivity contribution in [3.05, 3.63) is 59.2 Å². The number of anilines is 1. The molecule has 0 aliphatic carbocycles. The molecule has 2 heterocycles. The first kappa shape index (κ1) is 24.3. The van der Waals surface area contributed by atoms with Gasteiger partial charge in [0.25, 0.3) is 0 Å². The highest BCUT2D eigenvalue weighted by atomic mass is 32.2. The molecular weight excluding hydrogens is 454 g/mol. The molecule has 2 fully saturated rings. The number of hydrogen-bond donors (Lipinski definition) is 1. The number of hydrogen-bond acceptors (Lipinski definition) is 5. The summed E-state index contributed by atoms with van der Waals surface area (Å²) in [5.74, 6) is 2.14. The van der Waals surface area contributed by atoms with Gasteiger partial charge in [0, 0.05) is 55.8 Å². The highest BCUT2D eigenvalue weighted by Crippen LogP contribution is 2.27. The molecule has 0 aromatic heterocycles. The fraction of sp³-hybridized carbons (Fsp3) is 0.480. The van der Waals surface area contributed by atoms with Gasteiger partial charge in [-0.3, -0.25) is 9.69 Å². The average Bonchev–Trinajstić information content (AvgIpc) is 2.80. The summed E-state index contributed by atoms with van der Waals surface area (Å²) in [4.78, 5) is 15.7. The van der Waals surface area contributed by atoms with Crippen LogP contribution < -0.4 is 5.32 Å². The van der Waals surface area contributed by atoms with E-state index in [4.69, 9.17) is 0 Å². The Morgan fingerprint density at radius 3 is 2.45 bits per heavy atom. The lowest BCUT2D eigenvalue weighted by Crippen LogP contribution is -2.41. The standard InChI is InChI=1S/C25H33N3O3S2/c1-19-6-7-24(20(2)16-19)33(30,31)28-10-8-22(9-11-28)25(29)26-23-5-3-4-21(17-23)18-27-12-14-32-15-13-27/h3-7,16-17,22H,8-15,18H2,1-2H3,(H,26,29). The Hall–Kier alpha value is -1.87. The zero-order valence-electron chi connectivity index (χ0n) is 19.4. The minimum absolute atomic E-state index is 0.0231. The second-order valence-corrected chi connectivity index (χ2v) is 12.2. The lowest BCUT2D eigenvalue weighted by Gasteiger charge is -2.31.